The molecule has 2 aliphatic heterocycles. The van der Waals surface area contributed by atoms with Gasteiger partial charge in [0.25, 0.3) is 0 Å². The molecule has 1 atom stereocenters. The van der Waals surface area contributed by atoms with Crippen molar-refractivity contribution in [1.82, 2.24) is 5.32 Å². The van der Waals surface area contributed by atoms with Gasteiger partial charge in [0.15, 0.2) is 9.84 Å². The lowest BCUT2D eigenvalue weighted by Gasteiger charge is -2.32. The molecule has 2 saturated heterocycles. The first kappa shape index (κ1) is 8.47. The molecular weight excluding hydrogens is 178 g/mol. The summed E-state index contributed by atoms with van der Waals surface area (Å²) in [6.45, 7) is 2.16. The number of morpholine rings is 1. The first-order chi connectivity index (χ1) is 5.62. The molecule has 0 saturated carbocycles. The van der Waals surface area contributed by atoms with Gasteiger partial charge in [-0.15, -0.1) is 0 Å². The molecule has 0 bridgehead atoms. The predicted molar refractivity (Wildman–Crippen MR) is 44.8 cm³/mol. The zero-order valence-electron chi connectivity index (χ0n) is 6.88. The van der Waals surface area contributed by atoms with Gasteiger partial charge in [-0.3, -0.25) is 0 Å². The molecule has 0 radical (unpaired) electrons. The van der Waals surface area contributed by atoms with Gasteiger partial charge in [-0.05, 0) is 6.42 Å². The lowest BCUT2D eigenvalue weighted by Crippen LogP contribution is -2.50. The summed E-state index contributed by atoms with van der Waals surface area (Å²) in [4.78, 5) is 0. The lowest BCUT2D eigenvalue weighted by molar-refractivity contribution is -0.0465. The second-order valence-corrected chi connectivity index (χ2v) is 5.73. The van der Waals surface area contributed by atoms with Gasteiger partial charge >= 0.3 is 0 Å². The normalized spacial score (nSPS) is 40.3. The Morgan fingerprint density at radius 1 is 1.42 bits per heavy atom. The van der Waals surface area contributed by atoms with E-state index in [1.165, 1.54) is 0 Å². The molecule has 0 aromatic carbocycles. The Kier molecular flexibility index (Phi) is 1.89. The number of hydrogen-bond donors (Lipinski definition) is 1. The summed E-state index contributed by atoms with van der Waals surface area (Å²) in [6.07, 6.45) is 0.655. The Labute approximate surface area is 72.2 Å². The third-order valence-corrected chi connectivity index (χ3v) is 4.28. The van der Waals surface area contributed by atoms with Crippen LogP contribution in [0.1, 0.15) is 6.42 Å². The van der Waals surface area contributed by atoms with E-state index in [1.54, 1.807) is 0 Å². The molecule has 0 aromatic heterocycles. The van der Waals surface area contributed by atoms with Gasteiger partial charge in [-0.2, -0.15) is 0 Å². The van der Waals surface area contributed by atoms with Crippen LogP contribution in [-0.2, 0) is 14.6 Å². The van der Waals surface area contributed by atoms with Crippen LogP contribution in [0.2, 0.25) is 0 Å². The summed E-state index contributed by atoms with van der Waals surface area (Å²) in [6, 6.07) is 0. The highest BCUT2D eigenvalue weighted by Crippen LogP contribution is 2.27. The highest BCUT2D eigenvalue weighted by molar-refractivity contribution is 7.91. The topological polar surface area (TPSA) is 55.4 Å². The summed E-state index contributed by atoms with van der Waals surface area (Å²) in [7, 11) is -2.82. The standard InChI is InChI=1S/C7H13NO3S/c9-12(10)4-1-7(6-12)5-8-2-3-11-7/h8H,1-6H2/t7-/m1/s1. The van der Waals surface area contributed by atoms with Crippen LogP contribution in [-0.4, -0.2) is 45.2 Å². The van der Waals surface area contributed by atoms with Crippen LogP contribution < -0.4 is 5.32 Å². The fourth-order valence-corrected chi connectivity index (χ4v) is 3.81. The smallest absolute Gasteiger partial charge is 0.153 e. The second-order valence-electron chi connectivity index (χ2n) is 3.55. The van der Waals surface area contributed by atoms with Gasteiger partial charge in [-0.25, -0.2) is 8.42 Å². The summed E-state index contributed by atoms with van der Waals surface area (Å²) in [5.41, 5.74) is -0.392. The van der Waals surface area contributed by atoms with Crippen LogP contribution in [0.5, 0.6) is 0 Å². The fraction of sp³-hybridized carbons (Fsp3) is 1.00. The largest absolute Gasteiger partial charge is 0.371 e. The number of rotatable bonds is 0. The van der Waals surface area contributed by atoms with E-state index in [1.807, 2.05) is 0 Å². The van der Waals surface area contributed by atoms with Gasteiger partial charge < -0.3 is 10.1 Å². The lowest BCUT2D eigenvalue weighted by atomic mass is 10.0. The third kappa shape index (κ3) is 1.48. The van der Waals surface area contributed by atoms with Crippen LogP contribution in [0.25, 0.3) is 0 Å². The quantitative estimate of drug-likeness (QED) is 0.542. The van der Waals surface area contributed by atoms with Crippen molar-refractivity contribution in [3.63, 3.8) is 0 Å². The average Bonchev–Trinajstić information content (AvgIpc) is 2.29. The van der Waals surface area contributed by atoms with Crippen molar-refractivity contribution >= 4 is 9.84 Å². The molecule has 2 fully saturated rings. The zero-order chi connectivity index (χ0) is 8.66. The molecule has 12 heavy (non-hydrogen) atoms. The minimum Gasteiger partial charge on any atom is -0.371 e. The van der Waals surface area contributed by atoms with E-state index < -0.39 is 15.4 Å². The number of ether oxygens (including phenoxy) is 1. The van der Waals surface area contributed by atoms with Crippen molar-refractivity contribution in [3.05, 3.63) is 0 Å². The van der Waals surface area contributed by atoms with Crippen molar-refractivity contribution < 1.29 is 13.2 Å². The number of sulfone groups is 1. The summed E-state index contributed by atoms with van der Waals surface area (Å²) < 4.78 is 27.9. The summed E-state index contributed by atoms with van der Waals surface area (Å²) in [5, 5.41) is 3.17. The Balaban J connectivity index is 2.13. The van der Waals surface area contributed by atoms with Crippen molar-refractivity contribution in [2.24, 2.45) is 0 Å². The first-order valence-corrected chi connectivity index (χ1v) is 5.99. The molecule has 1 spiro atoms. The van der Waals surface area contributed by atoms with Crippen LogP contribution >= 0.6 is 0 Å². The number of hydrogen-bond acceptors (Lipinski definition) is 4. The van der Waals surface area contributed by atoms with E-state index in [0.29, 0.717) is 19.6 Å². The molecule has 0 amide bonds. The van der Waals surface area contributed by atoms with E-state index in [9.17, 15) is 8.42 Å². The molecule has 5 heteroatoms. The van der Waals surface area contributed by atoms with Gasteiger partial charge in [0.1, 0.15) is 0 Å². The van der Waals surface area contributed by atoms with E-state index in [-0.39, 0.29) is 11.5 Å². The van der Waals surface area contributed by atoms with Crippen molar-refractivity contribution in [3.8, 4) is 0 Å². The molecule has 0 aliphatic carbocycles. The molecule has 0 aromatic rings. The highest BCUT2D eigenvalue weighted by atomic mass is 32.2. The van der Waals surface area contributed by atoms with Crippen LogP contribution in [0, 0.1) is 0 Å². The molecule has 70 valence electrons. The van der Waals surface area contributed by atoms with Gasteiger partial charge in [0.05, 0.1) is 23.7 Å². The first-order valence-electron chi connectivity index (χ1n) is 4.17. The molecule has 0 unspecified atom stereocenters. The maximum Gasteiger partial charge on any atom is 0.153 e. The minimum absolute atomic E-state index is 0.201. The molecule has 4 nitrogen and oxygen atoms in total. The fourth-order valence-electron chi connectivity index (χ4n) is 1.85. The third-order valence-electron chi connectivity index (χ3n) is 2.49. The molecule has 2 aliphatic rings. The molecule has 2 heterocycles. The summed E-state index contributed by atoms with van der Waals surface area (Å²) >= 11 is 0. The highest BCUT2D eigenvalue weighted by Gasteiger charge is 2.44. The van der Waals surface area contributed by atoms with Gasteiger partial charge in [0, 0.05) is 13.1 Å². The van der Waals surface area contributed by atoms with E-state index in [0.717, 1.165) is 6.54 Å². The number of nitrogens with one attached hydrogen (secondary N) is 1. The average molecular weight is 191 g/mol. The van der Waals surface area contributed by atoms with E-state index in [2.05, 4.69) is 5.32 Å². The predicted octanol–water partition coefficient (Wildman–Crippen LogP) is -0.836. The van der Waals surface area contributed by atoms with Crippen molar-refractivity contribution in [1.29, 1.82) is 0 Å². The Hall–Kier alpha value is -0.130. The van der Waals surface area contributed by atoms with E-state index >= 15 is 0 Å². The molecule has 2 rings (SSSR count). The second kappa shape index (κ2) is 2.68. The minimum atomic E-state index is -2.82. The van der Waals surface area contributed by atoms with Crippen LogP contribution in [0.4, 0.5) is 0 Å². The van der Waals surface area contributed by atoms with E-state index in [4.69, 9.17) is 4.74 Å². The van der Waals surface area contributed by atoms with Crippen LogP contribution in [0.15, 0.2) is 0 Å². The maximum absolute atomic E-state index is 11.2. The zero-order valence-corrected chi connectivity index (χ0v) is 7.69. The maximum atomic E-state index is 11.2. The Bertz CT molecular complexity index is 266. The molecular formula is C7H13NO3S. The van der Waals surface area contributed by atoms with Gasteiger partial charge in [-0.1, -0.05) is 0 Å². The summed E-state index contributed by atoms with van der Waals surface area (Å²) in [5.74, 6) is 0.488. The Morgan fingerprint density at radius 2 is 2.25 bits per heavy atom. The molecule has 1 N–H and O–H groups in total. The monoisotopic (exact) mass is 191 g/mol. The van der Waals surface area contributed by atoms with Crippen LogP contribution in [0.3, 0.4) is 0 Å². The Morgan fingerprint density at radius 3 is 2.75 bits per heavy atom. The van der Waals surface area contributed by atoms with Crippen molar-refractivity contribution in [2.45, 2.75) is 12.0 Å². The van der Waals surface area contributed by atoms with Gasteiger partial charge in [0.2, 0.25) is 0 Å². The van der Waals surface area contributed by atoms with Crippen molar-refractivity contribution in [2.75, 3.05) is 31.2 Å². The SMILES string of the molecule is O=S1(=O)CC[C@@]2(CNCCO2)C1.